The fraction of sp³-hybridized carbons (Fsp3) is 0.583. The van der Waals surface area contributed by atoms with Gasteiger partial charge in [0.1, 0.15) is 0 Å². The Balaban J connectivity index is 2.02. The number of carbonyl (C=O) groups is 1. The highest BCUT2D eigenvalue weighted by atomic mass is 16.2. The highest BCUT2D eigenvalue weighted by Gasteiger charge is 2.23. The first kappa shape index (κ1) is 12.8. The molecule has 2 heterocycles. The van der Waals surface area contributed by atoms with Crippen molar-refractivity contribution in [3.63, 3.8) is 0 Å². The maximum atomic E-state index is 11.4. The SMILES string of the molecule is CNC(=O)CN1CCCC(c2ccnc(=O)[nH]2)C1. The van der Waals surface area contributed by atoms with Crippen LogP contribution in [-0.4, -0.2) is 47.5 Å². The minimum atomic E-state index is -0.309. The number of nitrogens with zero attached hydrogens (tertiary/aromatic N) is 2. The van der Waals surface area contributed by atoms with Crippen molar-refractivity contribution >= 4 is 5.91 Å². The molecule has 0 saturated carbocycles. The monoisotopic (exact) mass is 250 g/mol. The van der Waals surface area contributed by atoms with Gasteiger partial charge in [0.15, 0.2) is 0 Å². The molecule has 1 aromatic rings. The van der Waals surface area contributed by atoms with Gasteiger partial charge in [-0.2, -0.15) is 0 Å². The van der Waals surface area contributed by atoms with Crippen LogP contribution in [0, 0.1) is 0 Å². The lowest BCUT2D eigenvalue weighted by Crippen LogP contribution is -2.41. The second kappa shape index (κ2) is 5.77. The molecule has 18 heavy (non-hydrogen) atoms. The van der Waals surface area contributed by atoms with Crippen molar-refractivity contribution in [1.29, 1.82) is 0 Å². The minimum absolute atomic E-state index is 0.0267. The van der Waals surface area contributed by atoms with E-state index in [0.717, 1.165) is 31.6 Å². The van der Waals surface area contributed by atoms with Crippen molar-refractivity contribution < 1.29 is 4.79 Å². The van der Waals surface area contributed by atoms with E-state index in [1.807, 2.05) is 6.07 Å². The number of amides is 1. The van der Waals surface area contributed by atoms with Gasteiger partial charge in [-0.15, -0.1) is 0 Å². The maximum Gasteiger partial charge on any atom is 0.345 e. The Bertz CT molecular complexity index is 471. The number of nitrogens with one attached hydrogen (secondary N) is 2. The third-order valence-corrected chi connectivity index (χ3v) is 3.29. The predicted octanol–water partition coefficient (Wildman–Crippen LogP) is -0.305. The zero-order valence-corrected chi connectivity index (χ0v) is 10.5. The zero-order chi connectivity index (χ0) is 13.0. The molecule has 1 aliphatic rings. The van der Waals surface area contributed by atoms with Gasteiger partial charge in [-0.25, -0.2) is 9.78 Å². The first-order valence-corrected chi connectivity index (χ1v) is 6.17. The predicted molar refractivity (Wildman–Crippen MR) is 67.3 cm³/mol. The standard InChI is InChI=1S/C12H18N4O2/c1-13-11(17)8-16-6-2-3-9(7-16)10-4-5-14-12(18)15-10/h4-5,9H,2-3,6-8H2,1H3,(H,13,17)(H,14,15,18). The Morgan fingerprint density at radius 1 is 1.67 bits per heavy atom. The lowest BCUT2D eigenvalue weighted by atomic mass is 9.94. The van der Waals surface area contributed by atoms with E-state index in [1.54, 1.807) is 7.05 Å². The van der Waals surface area contributed by atoms with Crippen molar-refractivity contribution in [1.82, 2.24) is 20.2 Å². The molecule has 6 nitrogen and oxygen atoms in total. The van der Waals surface area contributed by atoms with Crippen LogP contribution in [0.4, 0.5) is 0 Å². The van der Waals surface area contributed by atoms with Gasteiger partial charge >= 0.3 is 5.69 Å². The molecule has 0 bridgehead atoms. The number of hydrogen-bond acceptors (Lipinski definition) is 4. The molecule has 1 aliphatic heterocycles. The summed E-state index contributed by atoms with van der Waals surface area (Å²) in [4.78, 5) is 31.1. The van der Waals surface area contributed by atoms with Crippen LogP contribution in [-0.2, 0) is 4.79 Å². The van der Waals surface area contributed by atoms with Gasteiger partial charge in [0, 0.05) is 31.4 Å². The summed E-state index contributed by atoms with van der Waals surface area (Å²) in [5.74, 6) is 0.304. The first-order chi connectivity index (χ1) is 8.69. The lowest BCUT2D eigenvalue weighted by Gasteiger charge is -2.31. The summed E-state index contributed by atoms with van der Waals surface area (Å²) in [6.07, 6.45) is 3.60. The fourth-order valence-electron chi connectivity index (χ4n) is 2.36. The molecule has 98 valence electrons. The molecule has 1 aromatic heterocycles. The van der Waals surface area contributed by atoms with Crippen LogP contribution in [0.1, 0.15) is 24.5 Å². The summed E-state index contributed by atoms with van der Waals surface area (Å²) in [7, 11) is 1.64. The lowest BCUT2D eigenvalue weighted by molar-refractivity contribution is -0.122. The highest BCUT2D eigenvalue weighted by molar-refractivity contribution is 5.77. The normalized spacial score (nSPS) is 20.6. The Hall–Kier alpha value is -1.69. The van der Waals surface area contributed by atoms with Gasteiger partial charge < -0.3 is 10.3 Å². The zero-order valence-electron chi connectivity index (χ0n) is 10.5. The van der Waals surface area contributed by atoms with Crippen LogP contribution in [0.5, 0.6) is 0 Å². The average molecular weight is 250 g/mol. The van der Waals surface area contributed by atoms with E-state index in [0.29, 0.717) is 6.54 Å². The van der Waals surface area contributed by atoms with Crippen LogP contribution >= 0.6 is 0 Å². The molecule has 0 radical (unpaired) electrons. The number of aromatic amines is 1. The fourth-order valence-corrected chi connectivity index (χ4v) is 2.36. The molecule has 1 unspecified atom stereocenters. The maximum absolute atomic E-state index is 11.4. The second-order valence-electron chi connectivity index (χ2n) is 4.58. The van der Waals surface area contributed by atoms with Crippen molar-refractivity contribution in [3.05, 3.63) is 28.4 Å². The highest BCUT2D eigenvalue weighted by Crippen LogP contribution is 2.24. The summed E-state index contributed by atoms with van der Waals surface area (Å²) in [6.45, 7) is 2.15. The summed E-state index contributed by atoms with van der Waals surface area (Å²) in [5.41, 5.74) is 0.604. The van der Waals surface area contributed by atoms with E-state index < -0.39 is 0 Å². The van der Waals surface area contributed by atoms with Gasteiger partial charge in [-0.05, 0) is 25.5 Å². The number of carbonyl (C=O) groups excluding carboxylic acids is 1. The Morgan fingerprint density at radius 2 is 2.50 bits per heavy atom. The van der Waals surface area contributed by atoms with E-state index in [4.69, 9.17) is 0 Å². The number of H-pyrrole nitrogens is 1. The summed E-state index contributed by atoms with van der Waals surface area (Å²) in [6, 6.07) is 1.84. The van der Waals surface area contributed by atoms with E-state index >= 15 is 0 Å². The molecule has 0 aromatic carbocycles. The van der Waals surface area contributed by atoms with Gasteiger partial charge in [0.25, 0.3) is 0 Å². The summed E-state index contributed by atoms with van der Waals surface area (Å²) < 4.78 is 0. The third-order valence-electron chi connectivity index (χ3n) is 3.29. The minimum Gasteiger partial charge on any atom is -0.358 e. The summed E-state index contributed by atoms with van der Waals surface area (Å²) >= 11 is 0. The number of rotatable bonds is 3. The van der Waals surface area contributed by atoms with Crippen LogP contribution in [0.3, 0.4) is 0 Å². The Morgan fingerprint density at radius 3 is 3.22 bits per heavy atom. The number of likely N-dealkylation sites (N-methyl/N-ethyl adjacent to an activating group) is 1. The van der Waals surface area contributed by atoms with Crippen molar-refractivity contribution in [2.75, 3.05) is 26.7 Å². The molecular weight excluding hydrogens is 232 g/mol. The molecule has 0 spiro atoms. The van der Waals surface area contributed by atoms with Gasteiger partial charge in [-0.1, -0.05) is 0 Å². The van der Waals surface area contributed by atoms with Gasteiger partial charge in [0.05, 0.1) is 6.54 Å². The van der Waals surface area contributed by atoms with Gasteiger partial charge in [0.2, 0.25) is 5.91 Å². The topological polar surface area (TPSA) is 78.1 Å². The largest absolute Gasteiger partial charge is 0.358 e. The number of likely N-dealkylation sites (tertiary alicyclic amines) is 1. The van der Waals surface area contributed by atoms with E-state index in [9.17, 15) is 9.59 Å². The van der Waals surface area contributed by atoms with Crippen molar-refractivity contribution in [2.24, 2.45) is 0 Å². The first-order valence-electron chi connectivity index (χ1n) is 6.17. The Labute approximate surface area is 105 Å². The molecule has 2 rings (SSSR count). The van der Waals surface area contributed by atoms with Crippen LogP contribution < -0.4 is 11.0 Å². The average Bonchev–Trinajstić information content (AvgIpc) is 2.39. The van der Waals surface area contributed by atoms with E-state index in [-0.39, 0.29) is 17.5 Å². The quantitative estimate of drug-likeness (QED) is 0.771. The van der Waals surface area contributed by atoms with Crippen LogP contribution in [0.2, 0.25) is 0 Å². The molecule has 1 saturated heterocycles. The molecule has 1 amide bonds. The molecule has 1 fully saturated rings. The number of hydrogen-bond donors (Lipinski definition) is 2. The molecular formula is C12H18N4O2. The molecule has 2 N–H and O–H groups in total. The van der Waals surface area contributed by atoms with E-state index in [1.165, 1.54) is 6.20 Å². The second-order valence-corrected chi connectivity index (χ2v) is 4.58. The smallest absolute Gasteiger partial charge is 0.345 e. The van der Waals surface area contributed by atoms with Crippen molar-refractivity contribution in [3.8, 4) is 0 Å². The number of piperidine rings is 1. The van der Waals surface area contributed by atoms with Crippen molar-refractivity contribution in [2.45, 2.75) is 18.8 Å². The van der Waals surface area contributed by atoms with Crippen LogP contribution in [0.25, 0.3) is 0 Å². The Kier molecular flexibility index (Phi) is 4.09. The molecule has 1 atom stereocenters. The molecule has 6 heteroatoms. The molecule has 0 aliphatic carbocycles. The number of aromatic nitrogens is 2. The van der Waals surface area contributed by atoms with Crippen LogP contribution in [0.15, 0.2) is 17.1 Å². The van der Waals surface area contributed by atoms with E-state index in [2.05, 4.69) is 20.2 Å². The summed E-state index contributed by atoms with van der Waals surface area (Å²) in [5, 5.41) is 2.63. The third kappa shape index (κ3) is 3.16. The van der Waals surface area contributed by atoms with Gasteiger partial charge in [-0.3, -0.25) is 9.69 Å².